The Bertz CT molecular complexity index is 439. The average Bonchev–Trinajstić information content (AvgIpc) is 2.65. The molecular weight excluding hydrogens is 208 g/mol. The van der Waals surface area contributed by atoms with E-state index in [9.17, 15) is 0 Å². The zero-order valence-corrected chi connectivity index (χ0v) is 11.3. The van der Waals surface area contributed by atoms with Crippen molar-refractivity contribution in [2.45, 2.75) is 46.5 Å². The largest absolute Gasteiger partial charge is 0.489 e. The lowest BCUT2D eigenvalue weighted by Crippen LogP contribution is -2.00. The molecule has 0 fully saturated rings. The van der Waals surface area contributed by atoms with E-state index in [1.807, 2.05) is 0 Å². The summed E-state index contributed by atoms with van der Waals surface area (Å²) in [6.07, 6.45) is 4.60. The maximum atomic E-state index is 5.91. The van der Waals surface area contributed by atoms with Gasteiger partial charge in [-0.1, -0.05) is 18.6 Å². The maximum Gasteiger partial charge on any atom is 0.123 e. The van der Waals surface area contributed by atoms with E-state index < -0.39 is 0 Å². The summed E-state index contributed by atoms with van der Waals surface area (Å²) in [6, 6.07) is 4.32. The lowest BCUT2D eigenvalue weighted by molar-refractivity contribution is 0.356. The summed E-state index contributed by atoms with van der Waals surface area (Å²) in [7, 11) is 0. The minimum Gasteiger partial charge on any atom is -0.489 e. The molecule has 0 radical (unpaired) electrons. The van der Waals surface area contributed by atoms with E-state index in [2.05, 4.69) is 45.9 Å². The number of rotatable bonds is 3. The Morgan fingerprint density at radius 1 is 1.41 bits per heavy atom. The van der Waals surface area contributed by atoms with Gasteiger partial charge in [0.25, 0.3) is 0 Å². The topological polar surface area (TPSA) is 9.23 Å². The molecule has 1 aromatic carbocycles. The van der Waals surface area contributed by atoms with E-state index in [0.29, 0.717) is 12.5 Å². The van der Waals surface area contributed by atoms with Gasteiger partial charge in [0.05, 0.1) is 0 Å². The monoisotopic (exact) mass is 230 g/mol. The molecule has 1 atom stereocenters. The van der Waals surface area contributed by atoms with Crippen molar-refractivity contribution < 1.29 is 4.74 Å². The smallest absolute Gasteiger partial charge is 0.123 e. The highest BCUT2D eigenvalue weighted by atomic mass is 16.5. The van der Waals surface area contributed by atoms with Crippen molar-refractivity contribution in [3.05, 3.63) is 40.5 Å². The summed E-state index contributed by atoms with van der Waals surface area (Å²) < 4.78 is 5.91. The second-order valence-corrected chi connectivity index (χ2v) is 5.31. The normalized spacial score (nSPS) is 17.8. The molecule has 1 heteroatoms. The Morgan fingerprint density at radius 2 is 2.18 bits per heavy atom. The van der Waals surface area contributed by atoms with E-state index in [1.165, 1.54) is 35.1 Å². The van der Waals surface area contributed by atoms with E-state index in [0.717, 1.165) is 5.75 Å². The van der Waals surface area contributed by atoms with Gasteiger partial charge in [0.1, 0.15) is 12.4 Å². The predicted molar refractivity (Wildman–Crippen MR) is 72.8 cm³/mol. The van der Waals surface area contributed by atoms with E-state index in [4.69, 9.17) is 4.74 Å². The summed E-state index contributed by atoms with van der Waals surface area (Å²) >= 11 is 0. The van der Waals surface area contributed by atoms with Crippen molar-refractivity contribution in [1.82, 2.24) is 0 Å². The third-order valence-corrected chi connectivity index (χ3v) is 3.60. The number of ether oxygens (including phenoxy) is 1. The minimum absolute atomic E-state index is 0.645. The van der Waals surface area contributed by atoms with Crippen LogP contribution in [-0.2, 0) is 6.42 Å². The minimum atomic E-state index is 0.645. The molecule has 0 saturated heterocycles. The fraction of sp³-hybridized carbons (Fsp3) is 0.500. The second kappa shape index (κ2) is 4.95. The average molecular weight is 230 g/mol. The third-order valence-electron chi connectivity index (χ3n) is 3.60. The van der Waals surface area contributed by atoms with Crippen LogP contribution in [0.2, 0.25) is 0 Å². The van der Waals surface area contributed by atoms with Gasteiger partial charge in [-0.3, -0.25) is 0 Å². The maximum absolute atomic E-state index is 5.91. The van der Waals surface area contributed by atoms with Crippen LogP contribution in [0.1, 0.15) is 49.8 Å². The van der Waals surface area contributed by atoms with E-state index in [-0.39, 0.29) is 0 Å². The van der Waals surface area contributed by atoms with Gasteiger partial charge in [0.2, 0.25) is 0 Å². The Hall–Kier alpha value is -1.24. The van der Waals surface area contributed by atoms with Gasteiger partial charge in [-0.15, -0.1) is 0 Å². The molecule has 0 bridgehead atoms. The molecule has 0 N–H and O–H groups in total. The Balaban J connectivity index is 2.24. The van der Waals surface area contributed by atoms with Gasteiger partial charge in [-0.05, 0) is 62.8 Å². The summed E-state index contributed by atoms with van der Waals surface area (Å²) in [5.41, 5.74) is 5.69. The van der Waals surface area contributed by atoms with Crippen LogP contribution in [-0.4, -0.2) is 6.61 Å². The quantitative estimate of drug-likeness (QED) is 0.700. The Kier molecular flexibility index (Phi) is 3.56. The summed E-state index contributed by atoms with van der Waals surface area (Å²) in [5.74, 6) is 1.74. The van der Waals surface area contributed by atoms with Crippen LogP contribution in [0.4, 0.5) is 0 Å². The zero-order valence-electron chi connectivity index (χ0n) is 11.3. The van der Waals surface area contributed by atoms with Crippen LogP contribution in [0.15, 0.2) is 23.8 Å². The first-order chi connectivity index (χ1) is 8.09. The number of fused-ring (bicyclic) bond motifs is 1. The molecule has 2 rings (SSSR count). The van der Waals surface area contributed by atoms with Crippen molar-refractivity contribution in [2.75, 3.05) is 6.61 Å². The number of hydrogen-bond acceptors (Lipinski definition) is 1. The second-order valence-electron chi connectivity index (χ2n) is 5.31. The zero-order chi connectivity index (χ0) is 12.4. The number of benzene rings is 1. The molecule has 0 aromatic heterocycles. The van der Waals surface area contributed by atoms with Gasteiger partial charge in [-0.2, -0.15) is 0 Å². The van der Waals surface area contributed by atoms with Crippen LogP contribution in [0.25, 0.3) is 0 Å². The highest BCUT2D eigenvalue weighted by molar-refractivity contribution is 5.49. The summed E-state index contributed by atoms with van der Waals surface area (Å²) in [6.45, 7) is 9.40. The number of allylic oxidation sites excluding steroid dienone is 1. The molecule has 0 saturated carbocycles. The van der Waals surface area contributed by atoms with Crippen molar-refractivity contribution in [3.63, 3.8) is 0 Å². The molecule has 1 aliphatic carbocycles. The number of aryl methyl sites for hydroxylation is 1. The lowest BCUT2D eigenvalue weighted by atomic mass is 9.99. The molecule has 1 unspecified atom stereocenters. The van der Waals surface area contributed by atoms with Gasteiger partial charge < -0.3 is 4.74 Å². The van der Waals surface area contributed by atoms with Crippen molar-refractivity contribution in [2.24, 2.45) is 0 Å². The predicted octanol–water partition coefficient (Wildman–Crippen LogP) is 4.39. The SMILES string of the molecule is CC(C)=CCOc1ccc(C)c2c1C(C)CC2. The first-order valence-electron chi connectivity index (χ1n) is 6.48. The van der Waals surface area contributed by atoms with Crippen molar-refractivity contribution in [1.29, 1.82) is 0 Å². The standard InChI is InChI=1S/C16H22O/c1-11(2)9-10-17-15-8-6-12(3)14-7-5-13(4)16(14)15/h6,8-9,13H,5,7,10H2,1-4H3. The summed E-state index contributed by atoms with van der Waals surface area (Å²) in [5, 5.41) is 0. The van der Waals surface area contributed by atoms with Gasteiger partial charge in [-0.25, -0.2) is 0 Å². The summed E-state index contributed by atoms with van der Waals surface area (Å²) in [4.78, 5) is 0. The first kappa shape index (κ1) is 12.2. The van der Waals surface area contributed by atoms with Crippen molar-refractivity contribution in [3.8, 4) is 5.75 Å². The highest BCUT2D eigenvalue weighted by Crippen LogP contribution is 2.40. The van der Waals surface area contributed by atoms with Crippen LogP contribution < -0.4 is 4.74 Å². The van der Waals surface area contributed by atoms with Crippen LogP contribution >= 0.6 is 0 Å². The molecule has 92 valence electrons. The number of hydrogen-bond donors (Lipinski definition) is 0. The fourth-order valence-electron chi connectivity index (χ4n) is 2.55. The third kappa shape index (κ3) is 2.54. The Labute approximate surface area is 104 Å². The van der Waals surface area contributed by atoms with Gasteiger partial charge in [0.15, 0.2) is 0 Å². The van der Waals surface area contributed by atoms with E-state index >= 15 is 0 Å². The molecule has 1 nitrogen and oxygen atoms in total. The molecular formula is C16H22O. The molecule has 0 aliphatic heterocycles. The first-order valence-corrected chi connectivity index (χ1v) is 6.48. The van der Waals surface area contributed by atoms with Gasteiger partial charge in [0, 0.05) is 5.56 Å². The Morgan fingerprint density at radius 3 is 2.88 bits per heavy atom. The van der Waals surface area contributed by atoms with Crippen LogP contribution in [0, 0.1) is 6.92 Å². The molecule has 1 aliphatic rings. The fourth-order valence-corrected chi connectivity index (χ4v) is 2.55. The highest BCUT2D eigenvalue weighted by Gasteiger charge is 2.24. The van der Waals surface area contributed by atoms with Crippen molar-refractivity contribution >= 4 is 0 Å². The molecule has 0 amide bonds. The van der Waals surface area contributed by atoms with Gasteiger partial charge >= 0.3 is 0 Å². The van der Waals surface area contributed by atoms with E-state index in [1.54, 1.807) is 0 Å². The van der Waals surface area contributed by atoms with Crippen LogP contribution in [0.3, 0.4) is 0 Å². The molecule has 0 spiro atoms. The molecule has 17 heavy (non-hydrogen) atoms. The lowest BCUT2D eigenvalue weighted by Gasteiger charge is -2.14. The van der Waals surface area contributed by atoms with Crippen LogP contribution in [0.5, 0.6) is 5.75 Å². The molecule has 1 aromatic rings. The molecule has 0 heterocycles.